The van der Waals surface area contributed by atoms with E-state index in [2.05, 4.69) is 20.8 Å². The van der Waals surface area contributed by atoms with Gasteiger partial charge in [0.2, 0.25) is 6.10 Å². The van der Waals surface area contributed by atoms with Crippen molar-refractivity contribution in [3.8, 4) is 0 Å². The van der Waals surface area contributed by atoms with Crippen molar-refractivity contribution in [2.75, 3.05) is 7.05 Å². The lowest BCUT2D eigenvalue weighted by molar-refractivity contribution is -0.167. The molecule has 0 spiro atoms. The van der Waals surface area contributed by atoms with Crippen LogP contribution in [0.3, 0.4) is 0 Å². The first-order valence-corrected chi connectivity index (χ1v) is 11.5. The Morgan fingerprint density at radius 1 is 0.970 bits per heavy atom. The molecule has 7 heteroatoms. The van der Waals surface area contributed by atoms with Crippen LogP contribution in [0.15, 0.2) is 24.3 Å². The van der Waals surface area contributed by atoms with Crippen molar-refractivity contribution in [1.29, 1.82) is 0 Å². The monoisotopic (exact) mass is 463 g/mol. The second kappa shape index (κ2) is 11.5. The van der Waals surface area contributed by atoms with Gasteiger partial charge in [0.25, 0.3) is 0 Å². The van der Waals surface area contributed by atoms with Crippen LogP contribution in [0.1, 0.15) is 79.4 Å². The molecule has 2 atom stereocenters. The van der Waals surface area contributed by atoms with Crippen LogP contribution < -0.4 is 0 Å². The number of esters is 1. The molecule has 0 aromatic heterocycles. The molecule has 186 valence electrons. The standard InChI is InChI=1S/C26H41NO6/c1-17(2)10-15-20(27(9)24(31)33-26(6,7)8)23(30)32-21(22(28)29)16-18-11-13-19(14-12-18)25(3,4)5/h11-14,17,20-21H,10,15-16H2,1-9H3,(H,28,29)/t20-,21+/m0/s1. The normalized spacial score (nSPS) is 13.9. The molecule has 0 saturated carbocycles. The van der Waals surface area contributed by atoms with Gasteiger partial charge in [0, 0.05) is 13.5 Å². The minimum absolute atomic E-state index is 0.0208. The van der Waals surface area contributed by atoms with Crippen molar-refractivity contribution in [3.63, 3.8) is 0 Å². The molecule has 33 heavy (non-hydrogen) atoms. The van der Waals surface area contributed by atoms with Gasteiger partial charge in [0.15, 0.2) is 0 Å². The van der Waals surface area contributed by atoms with E-state index in [1.165, 1.54) is 11.9 Å². The summed E-state index contributed by atoms with van der Waals surface area (Å²) in [4.78, 5) is 38.6. The Bertz CT molecular complexity index is 802. The largest absolute Gasteiger partial charge is 0.478 e. The van der Waals surface area contributed by atoms with Crippen molar-refractivity contribution in [1.82, 2.24) is 4.90 Å². The van der Waals surface area contributed by atoms with Gasteiger partial charge in [-0.25, -0.2) is 14.4 Å². The van der Waals surface area contributed by atoms with E-state index in [4.69, 9.17) is 9.47 Å². The molecule has 1 amide bonds. The van der Waals surface area contributed by atoms with E-state index in [0.29, 0.717) is 18.8 Å². The summed E-state index contributed by atoms with van der Waals surface area (Å²) < 4.78 is 10.8. The Balaban J connectivity index is 3.02. The summed E-state index contributed by atoms with van der Waals surface area (Å²) in [5, 5.41) is 9.69. The van der Waals surface area contributed by atoms with E-state index in [1.807, 2.05) is 38.1 Å². The number of rotatable bonds is 9. The Morgan fingerprint density at radius 2 is 1.52 bits per heavy atom. The molecular formula is C26H41NO6. The number of hydrogen-bond donors (Lipinski definition) is 1. The number of benzene rings is 1. The van der Waals surface area contributed by atoms with Gasteiger partial charge < -0.3 is 14.6 Å². The predicted molar refractivity (Wildman–Crippen MR) is 128 cm³/mol. The molecule has 0 unspecified atom stereocenters. The fraction of sp³-hybridized carbons (Fsp3) is 0.654. The number of carbonyl (C=O) groups excluding carboxylic acids is 2. The molecule has 1 aromatic rings. The van der Waals surface area contributed by atoms with Gasteiger partial charge >= 0.3 is 18.0 Å². The maximum absolute atomic E-state index is 13.0. The third-order valence-electron chi connectivity index (χ3n) is 5.21. The Hall–Kier alpha value is -2.57. The topological polar surface area (TPSA) is 93.1 Å². The first-order chi connectivity index (χ1) is 15.0. The zero-order chi connectivity index (χ0) is 25.6. The van der Waals surface area contributed by atoms with E-state index in [9.17, 15) is 19.5 Å². The molecule has 1 aromatic carbocycles. The van der Waals surface area contributed by atoms with Gasteiger partial charge in [-0.1, -0.05) is 58.9 Å². The van der Waals surface area contributed by atoms with Crippen LogP contribution in [-0.4, -0.2) is 52.8 Å². The van der Waals surface area contributed by atoms with Gasteiger partial charge in [0.05, 0.1) is 0 Å². The van der Waals surface area contributed by atoms with E-state index < -0.39 is 35.8 Å². The molecular weight excluding hydrogens is 422 g/mol. The fourth-order valence-electron chi connectivity index (χ4n) is 3.18. The Morgan fingerprint density at radius 3 is 1.94 bits per heavy atom. The average molecular weight is 464 g/mol. The Labute approximate surface area is 198 Å². The minimum atomic E-state index is -1.36. The number of carboxylic acid groups (broad SMARTS) is 1. The van der Waals surface area contributed by atoms with Crippen molar-refractivity contribution < 1.29 is 29.0 Å². The highest BCUT2D eigenvalue weighted by atomic mass is 16.6. The van der Waals surface area contributed by atoms with E-state index in [0.717, 1.165) is 11.1 Å². The van der Waals surface area contributed by atoms with Crippen LogP contribution in [-0.2, 0) is 30.9 Å². The second-order valence-electron chi connectivity index (χ2n) is 11.0. The van der Waals surface area contributed by atoms with E-state index >= 15 is 0 Å². The van der Waals surface area contributed by atoms with E-state index in [1.54, 1.807) is 20.8 Å². The van der Waals surface area contributed by atoms with E-state index in [-0.39, 0.29) is 11.8 Å². The van der Waals surface area contributed by atoms with Crippen molar-refractivity contribution in [3.05, 3.63) is 35.4 Å². The number of carbonyl (C=O) groups is 3. The maximum atomic E-state index is 13.0. The summed E-state index contributed by atoms with van der Waals surface area (Å²) in [7, 11) is 1.47. The summed E-state index contributed by atoms with van der Waals surface area (Å²) in [5.74, 6) is -1.68. The fourth-order valence-corrected chi connectivity index (χ4v) is 3.18. The lowest BCUT2D eigenvalue weighted by Gasteiger charge is -2.30. The van der Waals surface area contributed by atoms with Crippen LogP contribution in [0.2, 0.25) is 0 Å². The maximum Gasteiger partial charge on any atom is 0.410 e. The number of ether oxygens (including phenoxy) is 2. The number of nitrogens with zero attached hydrogens (tertiary/aromatic N) is 1. The van der Waals surface area contributed by atoms with Gasteiger partial charge in [-0.15, -0.1) is 0 Å². The molecule has 7 nitrogen and oxygen atoms in total. The number of carboxylic acids is 1. The zero-order valence-corrected chi connectivity index (χ0v) is 21.6. The highest BCUT2D eigenvalue weighted by molar-refractivity contribution is 5.84. The summed E-state index contributed by atoms with van der Waals surface area (Å²) in [5.41, 5.74) is 1.14. The molecule has 1 rings (SSSR count). The second-order valence-corrected chi connectivity index (χ2v) is 11.0. The Kier molecular flexibility index (Phi) is 9.94. The van der Waals surface area contributed by atoms with Crippen LogP contribution in [0.4, 0.5) is 4.79 Å². The summed E-state index contributed by atoms with van der Waals surface area (Å²) in [6, 6.07) is 6.68. The van der Waals surface area contributed by atoms with Gasteiger partial charge in [0.1, 0.15) is 11.6 Å². The van der Waals surface area contributed by atoms with Crippen molar-refractivity contribution in [2.45, 2.75) is 97.8 Å². The van der Waals surface area contributed by atoms with Crippen molar-refractivity contribution >= 4 is 18.0 Å². The zero-order valence-electron chi connectivity index (χ0n) is 21.6. The number of amides is 1. The molecule has 0 radical (unpaired) electrons. The molecule has 0 bridgehead atoms. The number of aliphatic carboxylic acids is 1. The molecule has 0 aliphatic carbocycles. The van der Waals surface area contributed by atoms with Crippen LogP contribution in [0, 0.1) is 5.92 Å². The molecule has 0 saturated heterocycles. The SMILES string of the molecule is CC(C)CC[C@@H](C(=O)O[C@H](Cc1ccc(C(C)(C)C)cc1)C(=O)O)N(C)C(=O)OC(C)(C)C. The molecule has 0 fully saturated rings. The smallest absolute Gasteiger partial charge is 0.410 e. The third kappa shape index (κ3) is 9.84. The summed E-state index contributed by atoms with van der Waals surface area (Å²) >= 11 is 0. The van der Waals surface area contributed by atoms with Gasteiger partial charge in [-0.05, 0) is 56.1 Å². The highest BCUT2D eigenvalue weighted by Crippen LogP contribution is 2.23. The number of hydrogen-bond acceptors (Lipinski definition) is 5. The molecule has 0 heterocycles. The summed E-state index contributed by atoms with van der Waals surface area (Å²) in [6.07, 6.45) is -0.958. The number of likely N-dealkylation sites (N-methyl/N-ethyl adjacent to an activating group) is 1. The highest BCUT2D eigenvalue weighted by Gasteiger charge is 2.34. The molecule has 1 N–H and O–H groups in total. The molecule has 0 aliphatic rings. The van der Waals surface area contributed by atoms with Crippen LogP contribution >= 0.6 is 0 Å². The van der Waals surface area contributed by atoms with Crippen LogP contribution in [0.25, 0.3) is 0 Å². The summed E-state index contributed by atoms with van der Waals surface area (Å²) in [6.45, 7) is 15.5. The van der Waals surface area contributed by atoms with Gasteiger partial charge in [-0.2, -0.15) is 0 Å². The first kappa shape index (κ1) is 28.5. The van der Waals surface area contributed by atoms with Crippen molar-refractivity contribution in [2.24, 2.45) is 5.92 Å². The van der Waals surface area contributed by atoms with Gasteiger partial charge in [-0.3, -0.25) is 4.90 Å². The average Bonchev–Trinajstić information content (AvgIpc) is 2.65. The lowest BCUT2D eigenvalue weighted by atomic mass is 9.86. The first-order valence-electron chi connectivity index (χ1n) is 11.5. The predicted octanol–water partition coefficient (Wildman–Crippen LogP) is 5.19. The molecule has 0 aliphatic heterocycles. The minimum Gasteiger partial charge on any atom is -0.478 e. The quantitative estimate of drug-likeness (QED) is 0.506. The lowest BCUT2D eigenvalue weighted by Crippen LogP contribution is -2.47. The third-order valence-corrected chi connectivity index (χ3v) is 5.21. The van der Waals surface area contributed by atoms with Crippen LogP contribution in [0.5, 0.6) is 0 Å².